The fourth-order valence-corrected chi connectivity index (χ4v) is 5.75. The summed E-state index contributed by atoms with van der Waals surface area (Å²) >= 11 is 6.31. The Morgan fingerprint density at radius 3 is 2.41 bits per heavy atom. The van der Waals surface area contributed by atoms with Crippen LogP contribution in [0, 0.1) is 0 Å². The second kappa shape index (κ2) is 8.26. The molecule has 0 saturated carbocycles. The fourth-order valence-electron chi connectivity index (χ4n) is 5.57. The SMILES string of the molecule is C=CCC1(CC=C)/C(=C\C=C\C2=[N+](C)c3ccc(Cl)cc3C2(C)C)N(C)c2ccccc21. The van der Waals surface area contributed by atoms with Crippen LogP contribution in [0.25, 0.3) is 0 Å². The minimum Gasteiger partial charge on any atom is -0.347 e. The second-order valence-corrected chi connectivity index (χ2v) is 9.72. The highest BCUT2D eigenvalue weighted by molar-refractivity contribution is 6.30. The Kier molecular flexibility index (Phi) is 5.77. The topological polar surface area (TPSA) is 6.25 Å². The van der Waals surface area contributed by atoms with Crippen LogP contribution in [-0.4, -0.2) is 24.4 Å². The fraction of sp³-hybridized carbons (Fsp3) is 0.276. The molecule has 2 aliphatic rings. The van der Waals surface area contributed by atoms with E-state index in [0.29, 0.717) is 0 Å². The number of hydrogen-bond donors (Lipinski definition) is 0. The molecule has 0 spiro atoms. The Morgan fingerprint density at radius 1 is 1.03 bits per heavy atom. The molecule has 2 aromatic rings. The lowest BCUT2D eigenvalue weighted by atomic mass is 9.74. The number of nitrogens with zero attached hydrogens (tertiary/aromatic N) is 2. The second-order valence-electron chi connectivity index (χ2n) is 9.29. The third-order valence-electron chi connectivity index (χ3n) is 7.12. The predicted octanol–water partition coefficient (Wildman–Crippen LogP) is 7.33. The maximum absolute atomic E-state index is 6.31. The third-order valence-corrected chi connectivity index (χ3v) is 7.36. The van der Waals surface area contributed by atoms with Crippen molar-refractivity contribution in [2.75, 3.05) is 19.0 Å². The molecule has 3 heteroatoms. The summed E-state index contributed by atoms with van der Waals surface area (Å²) in [6.45, 7) is 12.7. The quantitative estimate of drug-likeness (QED) is 0.334. The molecule has 0 aromatic heterocycles. The van der Waals surface area contributed by atoms with Crippen molar-refractivity contribution in [3.8, 4) is 0 Å². The van der Waals surface area contributed by atoms with Gasteiger partial charge in [-0.1, -0.05) is 48.0 Å². The molecular weight excluding hydrogens is 412 g/mol. The predicted molar refractivity (Wildman–Crippen MR) is 139 cm³/mol. The van der Waals surface area contributed by atoms with Crippen molar-refractivity contribution >= 4 is 28.7 Å². The van der Waals surface area contributed by atoms with Crippen molar-refractivity contribution in [3.63, 3.8) is 0 Å². The number of benzene rings is 2. The van der Waals surface area contributed by atoms with Crippen LogP contribution in [0.2, 0.25) is 5.02 Å². The molecule has 0 unspecified atom stereocenters. The Hall–Kier alpha value is -2.84. The molecule has 2 nitrogen and oxygen atoms in total. The van der Waals surface area contributed by atoms with Gasteiger partial charge in [-0.15, -0.1) is 13.2 Å². The molecule has 0 aliphatic carbocycles. The van der Waals surface area contributed by atoms with Gasteiger partial charge in [-0.2, -0.15) is 4.58 Å². The van der Waals surface area contributed by atoms with Gasteiger partial charge in [0.1, 0.15) is 7.05 Å². The van der Waals surface area contributed by atoms with Gasteiger partial charge in [-0.05, 0) is 56.5 Å². The van der Waals surface area contributed by atoms with E-state index in [4.69, 9.17) is 11.6 Å². The average Bonchev–Trinajstić information content (AvgIpc) is 3.10. The van der Waals surface area contributed by atoms with Crippen LogP contribution in [0.5, 0.6) is 0 Å². The summed E-state index contributed by atoms with van der Waals surface area (Å²) in [5.74, 6) is 0. The van der Waals surface area contributed by atoms with Crippen LogP contribution >= 0.6 is 11.6 Å². The van der Waals surface area contributed by atoms with Gasteiger partial charge in [0.05, 0.1) is 5.41 Å². The van der Waals surface area contributed by atoms with E-state index >= 15 is 0 Å². The molecule has 0 radical (unpaired) electrons. The van der Waals surface area contributed by atoms with E-state index in [1.54, 1.807) is 0 Å². The highest BCUT2D eigenvalue weighted by Crippen LogP contribution is 2.51. The molecule has 0 bridgehead atoms. The standard InChI is InChI=1S/C29H32ClN2/c1-7-18-29(19-8-2)22-12-9-10-13-24(22)32(6)27(29)15-11-14-26-28(3,4)23-20-21(30)16-17-25(23)31(26)5/h7-17,20H,1-2,18-19H2,3-6H3/q+1. The van der Waals surface area contributed by atoms with Crippen molar-refractivity contribution < 1.29 is 4.58 Å². The van der Waals surface area contributed by atoms with Crippen LogP contribution in [0.15, 0.2) is 91.7 Å². The first-order valence-corrected chi connectivity index (χ1v) is 11.5. The van der Waals surface area contributed by atoms with Crippen LogP contribution in [0.4, 0.5) is 11.4 Å². The first kappa shape index (κ1) is 22.4. The number of para-hydroxylation sites is 1. The molecule has 0 saturated heterocycles. The number of hydrogen-bond acceptors (Lipinski definition) is 1. The molecule has 2 heterocycles. The van der Waals surface area contributed by atoms with Gasteiger partial charge < -0.3 is 4.90 Å². The summed E-state index contributed by atoms with van der Waals surface area (Å²) in [7, 11) is 4.29. The summed E-state index contributed by atoms with van der Waals surface area (Å²) in [6.07, 6.45) is 12.5. The van der Waals surface area contributed by atoms with Crippen LogP contribution in [0.3, 0.4) is 0 Å². The number of rotatable bonds is 6. The zero-order chi connectivity index (χ0) is 23.1. The normalized spacial score (nSPS) is 19.5. The van der Waals surface area contributed by atoms with E-state index in [0.717, 1.165) is 17.9 Å². The van der Waals surface area contributed by atoms with Gasteiger partial charge in [0, 0.05) is 46.6 Å². The lowest BCUT2D eigenvalue weighted by molar-refractivity contribution is -0.401. The summed E-state index contributed by atoms with van der Waals surface area (Å²) in [5.41, 5.74) is 7.34. The Morgan fingerprint density at radius 2 is 1.72 bits per heavy atom. The molecule has 2 aromatic carbocycles. The van der Waals surface area contributed by atoms with Crippen molar-refractivity contribution in [2.24, 2.45) is 0 Å². The minimum absolute atomic E-state index is 0.117. The number of likely N-dealkylation sites (N-methyl/N-ethyl adjacent to an activating group) is 1. The van der Waals surface area contributed by atoms with Gasteiger partial charge in [-0.25, -0.2) is 0 Å². The van der Waals surface area contributed by atoms with E-state index in [-0.39, 0.29) is 10.8 Å². The van der Waals surface area contributed by atoms with Crippen LogP contribution in [0.1, 0.15) is 37.8 Å². The smallest absolute Gasteiger partial charge is 0.209 e. The number of anilines is 1. The van der Waals surface area contributed by atoms with Crippen molar-refractivity contribution in [2.45, 2.75) is 37.5 Å². The summed E-state index contributed by atoms with van der Waals surface area (Å²) in [4.78, 5) is 2.31. The summed E-state index contributed by atoms with van der Waals surface area (Å²) in [6, 6.07) is 14.8. The van der Waals surface area contributed by atoms with Crippen molar-refractivity contribution in [1.82, 2.24) is 0 Å². The number of allylic oxidation sites excluding steroid dienone is 6. The van der Waals surface area contributed by atoms with E-state index < -0.39 is 0 Å². The number of halogens is 1. The van der Waals surface area contributed by atoms with Gasteiger partial charge >= 0.3 is 0 Å². The van der Waals surface area contributed by atoms with Gasteiger partial charge in [0.2, 0.25) is 5.69 Å². The molecule has 0 fully saturated rings. The molecule has 0 N–H and O–H groups in total. The Balaban J connectivity index is 1.78. The lowest BCUT2D eigenvalue weighted by Crippen LogP contribution is -2.29. The molecule has 4 rings (SSSR count). The first-order valence-electron chi connectivity index (χ1n) is 11.1. The van der Waals surface area contributed by atoms with E-state index in [2.05, 4.69) is 105 Å². The zero-order valence-corrected chi connectivity index (χ0v) is 20.3. The minimum atomic E-state index is -0.141. The monoisotopic (exact) mass is 443 g/mol. The highest BCUT2D eigenvalue weighted by Gasteiger charge is 2.45. The molecule has 0 atom stereocenters. The zero-order valence-electron chi connectivity index (χ0n) is 19.5. The van der Waals surface area contributed by atoms with Crippen molar-refractivity contribution in [1.29, 1.82) is 0 Å². The van der Waals surface area contributed by atoms with E-state index in [1.807, 2.05) is 18.2 Å². The maximum Gasteiger partial charge on any atom is 0.209 e. The van der Waals surface area contributed by atoms with E-state index in [9.17, 15) is 0 Å². The molecule has 0 amide bonds. The first-order chi connectivity index (χ1) is 15.3. The van der Waals surface area contributed by atoms with Gasteiger partial charge in [-0.3, -0.25) is 0 Å². The Labute approximate surface area is 197 Å². The maximum atomic E-state index is 6.31. The summed E-state index contributed by atoms with van der Waals surface area (Å²) in [5, 5.41) is 0.779. The Bertz CT molecular complexity index is 1170. The van der Waals surface area contributed by atoms with Crippen LogP contribution in [-0.2, 0) is 10.8 Å². The molecule has 164 valence electrons. The molecule has 2 aliphatic heterocycles. The number of fused-ring (bicyclic) bond motifs is 2. The van der Waals surface area contributed by atoms with Gasteiger partial charge in [0.25, 0.3) is 0 Å². The van der Waals surface area contributed by atoms with E-state index in [1.165, 1.54) is 33.9 Å². The molecule has 32 heavy (non-hydrogen) atoms. The average molecular weight is 444 g/mol. The van der Waals surface area contributed by atoms with Crippen molar-refractivity contribution in [3.05, 3.63) is 108 Å². The lowest BCUT2D eigenvalue weighted by Gasteiger charge is -2.31. The van der Waals surface area contributed by atoms with Gasteiger partial charge in [0.15, 0.2) is 5.71 Å². The highest BCUT2D eigenvalue weighted by atomic mass is 35.5. The molecular formula is C29H32ClN2+. The van der Waals surface area contributed by atoms with Crippen LogP contribution < -0.4 is 4.90 Å². The summed E-state index contributed by atoms with van der Waals surface area (Å²) < 4.78 is 2.27. The largest absolute Gasteiger partial charge is 0.347 e. The third kappa shape index (κ3) is 3.29.